The van der Waals surface area contributed by atoms with Crippen molar-refractivity contribution >= 4 is 23.1 Å². The number of allylic oxidation sites excluding steroid dienone is 1. The van der Waals surface area contributed by atoms with Crippen molar-refractivity contribution < 1.29 is 19.1 Å². The molecule has 2 aromatic rings. The van der Waals surface area contributed by atoms with Crippen molar-refractivity contribution in [3.63, 3.8) is 0 Å². The quantitative estimate of drug-likeness (QED) is 0.582. The maximum absolute atomic E-state index is 13.6. The molecular weight excluding hydrogens is 380 g/mol. The highest BCUT2D eigenvalue weighted by molar-refractivity contribution is 6.11. The number of esters is 1. The lowest BCUT2D eigenvalue weighted by Gasteiger charge is -2.32. The Labute approximate surface area is 176 Å². The van der Waals surface area contributed by atoms with Gasteiger partial charge in [0.1, 0.15) is 11.7 Å². The van der Waals surface area contributed by atoms with Crippen LogP contribution in [0.4, 0.5) is 11.4 Å². The van der Waals surface area contributed by atoms with E-state index in [0.29, 0.717) is 18.6 Å². The number of methoxy groups -OCH3 is 1. The summed E-state index contributed by atoms with van der Waals surface area (Å²) >= 11 is 0. The monoisotopic (exact) mass is 406 g/mol. The zero-order valence-electron chi connectivity index (χ0n) is 17.4. The van der Waals surface area contributed by atoms with Gasteiger partial charge in [0.05, 0.1) is 31.1 Å². The summed E-state index contributed by atoms with van der Waals surface area (Å²) in [7, 11) is 1.33. The Bertz CT molecular complexity index is 1010. The number of anilines is 2. The van der Waals surface area contributed by atoms with Crippen LogP contribution in [0.25, 0.3) is 0 Å². The Kier molecular flexibility index (Phi) is 5.48. The Morgan fingerprint density at radius 3 is 2.63 bits per heavy atom. The third-order valence-corrected chi connectivity index (χ3v) is 5.73. The first-order chi connectivity index (χ1) is 14.5. The van der Waals surface area contributed by atoms with Crippen LogP contribution in [0.1, 0.15) is 31.9 Å². The smallest absolute Gasteiger partial charge is 0.316 e. The van der Waals surface area contributed by atoms with E-state index in [1.807, 2.05) is 62.4 Å². The van der Waals surface area contributed by atoms with Gasteiger partial charge in [0.15, 0.2) is 5.78 Å². The summed E-state index contributed by atoms with van der Waals surface area (Å²) in [5.41, 5.74) is 4.13. The topological polar surface area (TPSA) is 76.7 Å². The molecule has 0 amide bonds. The van der Waals surface area contributed by atoms with Crippen LogP contribution in [0, 0.1) is 11.8 Å². The fraction of sp³-hybridized carbons (Fsp3) is 0.333. The standard InChI is InChI=1S/C24H26N2O4/c1-4-30-16-9-7-8-15(13-16)22-21-19(25-17-10-5-6-11-18(17)26-22)12-14(2)20(23(21)27)24(28)29-3/h5-11,13-14,20,22,25-26H,4,12H2,1-3H3/t14-,20+,22+/m1/s1. The summed E-state index contributed by atoms with van der Waals surface area (Å²) in [6, 6.07) is 15.2. The van der Waals surface area contributed by atoms with Gasteiger partial charge in [0.2, 0.25) is 0 Å². The molecule has 2 N–H and O–H groups in total. The second-order valence-corrected chi connectivity index (χ2v) is 7.69. The molecule has 1 heterocycles. The number of hydrogen-bond donors (Lipinski definition) is 2. The van der Waals surface area contributed by atoms with E-state index >= 15 is 0 Å². The lowest BCUT2D eigenvalue weighted by Crippen LogP contribution is -2.39. The zero-order chi connectivity index (χ0) is 21.3. The molecule has 6 nitrogen and oxygen atoms in total. The second-order valence-electron chi connectivity index (χ2n) is 7.69. The first-order valence-corrected chi connectivity index (χ1v) is 10.2. The van der Waals surface area contributed by atoms with Crippen molar-refractivity contribution in [1.82, 2.24) is 0 Å². The van der Waals surface area contributed by atoms with Crippen LogP contribution in [0.15, 0.2) is 59.8 Å². The fourth-order valence-corrected chi connectivity index (χ4v) is 4.33. The lowest BCUT2D eigenvalue weighted by atomic mass is 9.75. The number of carbonyl (C=O) groups is 2. The number of para-hydroxylation sites is 2. The van der Waals surface area contributed by atoms with Crippen molar-refractivity contribution in [3.05, 3.63) is 65.4 Å². The normalized spacial score (nSPS) is 22.8. The predicted octanol–water partition coefficient (Wildman–Crippen LogP) is 4.32. The summed E-state index contributed by atoms with van der Waals surface area (Å²) in [5.74, 6) is -0.906. The van der Waals surface area contributed by atoms with E-state index in [4.69, 9.17) is 9.47 Å². The van der Waals surface area contributed by atoms with Crippen LogP contribution in [0.5, 0.6) is 5.75 Å². The highest BCUT2D eigenvalue weighted by Gasteiger charge is 2.44. The highest BCUT2D eigenvalue weighted by Crippen LogP contribution is 2.44. The van der Waals surface area contributed by atoms with Crippen LogP contribution in [0.2, 0.25) is 0 Å². The van der Waals surface area contributed by atoms with E-state index < -0.39 is 17.9 Å². The van der Waals surface area contributed by atoms with Crippen molar-refractivity contribution in [3.8, 4) is 5.75 Å². The van der Waals surface area contributed by atoms with Crippen LogP contribution in [-0.2, 0) is 14.3 Å². The van der Waals surface area contributed by atoms with Gasteiger partial charge in [-0.3, -0.25) is 9.59 Å². The molecule has 30 heavy (non-hydrogen) atoms. The number of ketones is 1. The fourth-order valence-electron chi connectivity index (χ4n) is 4.33. The van der Waals surface area contributed by atoms with Gasteiger partial charge < -0.3 is 20.1 Å². The summed E-state index contributed by atoms with van der Waals surface area (Å²) in [6.45, 7) is 4.41. The molecule has 4 rings (SSSR count). The number of carbonyl (C=O) groups excluding carboxylic acids is 2. The Balaban J connectivity index is 1.85. The minimum Gasteiger partial charge on any atom is -0.494 e. The Morgan fingerprint density at radius 2 is 1.90 bits per heavy atom. The summed E-state index contributed by atoms with van der Waals surface area (Å²) in [5, 5.41) is 6.97. The van der Waals surface area contributed by atoms with Crippen LogP contribution >= 0.6 is 0 Å². The Morgan fingerprint density at radius 1 is 1.13 bits per heavy atom. The molecule has 0 saturated carbocycles. The number of benzene rings is 2. The number of hydrogen-bond acceptors (Lipinski definition) is 6. The average molecular weight is 406 g/mol. The molecular formula is C24H26N2O4. The van der Waals surface area contributed by atoms with E-state index in [-0.39, 0.29) is 11.7 Å². The molecule has 0 unspecified atom stereocenters. The van der Waals surface area contributed by atoms with Crippen molar-refractivity contribution in [2.75, 3.05) is 24.4 Å². The van der Waals surface area contributed by atoms with Crippen molar-refractivity contribution in [2.45, 2.75) is 26.3 Å². The maximum atomic E-state index is 13.6. The van der Waals surface area contributed by atoms with Gasteiger partial charge in [-0.1, -0.05) is 31.2 Å². The number of Topliss-reactive ketones (excluding diaryl/α,β-unsaturated/α-hetero) is 1. The van der Waals surface area contributed by atoms with Crippen LogP contribution in [0.3, 0.4) is 0 Å². The van der Waals surface area contributed by atoms with Gasteiger partial charge in [-0.05, 0) is 49.1 Å². The molecule has 2 aliphatic rings. The van der Waals surface area contributed by atoms with Gasteiger partial charge in [0.25, 0.3) is 0 Å². The van der Waals surface area contributed by atoms with E-state index in [1.54, 1.807) is 0 Å². The van der Waals surface area contributed by atoms with Gasteiger partial charge in [-0.25, -0.2) is 0 Å². The molecule has 156 valence electrons. The third kappa shape index (κ3) is 3.54. The molecule has 3 atom stereocenters. The molecule has 0 radical (unpaired) electrons. The number of fused-ring (bicyclic) bond motifs is 1. The largest absolute Gasteiger partial charge is 0.494 e. The molecule has 0 saturated heterocycles. The van der Waals surface area contributed by atoms with Gasteiger partial charge in [-0.2, -0.15) is 0 Å². The molecule has 0 spiro atoms. The van der Waals surface area contributed by atoms with E-state index in [0.717, 1.165) is 28.4 Å². The van der Waals surface area contributed by atoms with Crippen molar-refractivity contribution in [2.24, 2.45) is 11.8 Å². The molecule has 1 aliphatic heterocycles. The van der Waals surface area contributed by atoms with E-state index in [9.17, 15) is 9.59 Å². The summed E-state index contributed by atoms with van der Waals surface area (Å²) in [6.07, 6.45) is 0.582. The second kappa shape index (κ2) is 8.22. The zero-order valence-corrected chi connectivity index (χ0v) is 17.4. The minimum absolute atomic E-state index is 0.156. The molecule has 0 aromatic heterocycles. The first kappa shape index (κ1) is 20.0. The first-order valence-electron chi connectivity index (χ1n) is 10.2. The highest BCUT2D eigenvalue weighted by atomic mass is 16.5. The summed E-state index contributed by atoms with van der Waals surface area (Å²) < 4.78 is 10.6. The maximum Gasteiger partial charge on any atom is 0.316 e. The lowest BCUT2D eigenvalue weighted by molar-refractivity contribution is -0.151. The molecule has 0 bridgehead atoms. The van der Waals surface area contributed by atoms with Gasteiger partial charge in [-0.15, -0.1) is 0 Å². The van der Waals surface area contributed by atoms with Gasteiger partial charge >= 0.3 is 5.97 Å². The molecule has 1 aliphatic carbocycles. The van der Waals surface area contributed by atoms with Crippen LogP contribution in [-0.4, -0.2) is 25.5 Å². The number of nitrogens with one attached hydrogen (secondary N) is 2. The summed E-state index contributed by atoms with van der Waals surface area (Å²) in [4.78, 5) is 26.0. The molecule has 0 fully saturated rings. The van der Waals surface area contributed by atoms with Gasteiger partial charge in [0, 0.05) is 11.3 Å². The number of rotatable bonds is 4. The predicted molar refractivity (Wildman–Crippen MR) is 115 cm³/mol. The van der Waals surface area contributed by atoms with E-state index in [2.05, 4.69) is 10.6 Å². The minimum atomic E-state index is -0.809. The molecule has 2 aromatic carbocycles. The third-order valence-electron chi connectivity index (χ3n) is 5.73. The SMILES string of the molecule is CCOc1cccc([C@@H]2Nc3ccccc3NC3=C2C(=O)[C@@H](C(=O)OC)[C@H](C)C3)c1. The average Bonchev–Trinajstić information content (AvgIpc) is 2.90. The van der Waals surface area contributed by atoms with E-state index in [1.165, 1.54) is 7.11 Å². The van der Waals surface area contributed by atoms with Crippen LogP contribution < -0.4 is 15.4 Å². The number of ether oxygens (including phenoxy) is 2. The Hall–Kier alpha value is -3.28. The molecule has 6 heteroatoms. The van der Waals surface area contributed by atoms with Crippen molar-refractivity contribution in [1.29, 1.82) is 0 Å².